The third-order valence-corrected chi connectivity index (χ3v) is 5.47. The minimum Gasteiger partial charge on any atom is -0.354 e. The molecule has 0 radical (unpaired) electrons. The second kappa shape index (κ2) is 14.4. The van der Waals surface area contributed by atoms with Crippen LogP contribution >= 0.6 is 0 Å². The molecule has 0 fully saturated rings. The third-order valence-electron chi connectivity index (χ3n) is 5.47. The molecule has 2 N–H and O–H groups in total. The Labute approximate surface area is 173 Å². The predicted octanol–water partition coefficient (Wildman–Crippen LogP) is 3.70. The molecule has 0 saturated heterocycles. The highest BCUT2D eigenvalue weighted by Gasteiger charge is 2.09. The van der Waals surface area contributed by atoms with Crippen molar-refractivity contribution in [3.05, 3.63) is 35.4 Å². The fourth-order valence-electron chi connectivity index (χ4n) is 3.41. The minimum atomic E-state index is 0.410. The van der Waals surface area contributed by atoms with Crippen LogP contribution in [0.1, 0.15) is 58.6 Å². The Morgan fingerprint density at radius 3 is 2.14 bits per heavy atom. The van der Waals surface area contributed by atoms with Gasteiger partial charge in [0, 0.05) is 26.2 Å². The number of rotatable bonds is 13. The van der Waals surface area contributed by atoms with E-state index in [1.165, 1.54) is 24.1 Å². The van der Waals surface area contributed by atoms with Gasteiger partial charge in [0.05, 0.1) is 0 Å². The van der Waals surface area contributed by atoms with Crippen molar-refractivity contribution < 1.29 is 0 Å². The first-order chi connectivity index (χ1) is 13.6. The summed E-state index contributed by atoms with van der Waals surface area (Å²) in [4.78, 5) is 9.34. The monoisotopic (exact) mass is 389 g/mol. The van der Waals surface area contributed by atoms with E-state index in [9.17, 15) is 0 Å². The maximum atomic E-state index is 4.42. The van der Waals surface area contributed by atoms with Crippen LogP contribution in [0.5, 0.6) is 0 Å². The van der Waals surface area contributed by atoms with Crippen LogP contribution in [0.2, 0.25) is 0 Å². The zero-order valence-corrected chi connectivity index (χ0v) is 19.1. The Morgan fingerprint density at radius 1 is 0.964 bits per heavy atom. The van der Waals surface area contributed by atoms with Crippen LogP contribution in [0.25, 0.3) is 0 Å². The zero-order valence-electron chi connectivity index (χ0n) is 19.1. The van der Waals surface area contributed by atoms with Gasteiger partial charge in [-0.1, -0.05) is 52.0 Å². The first-order valence-corrected chi connectivity index (χ1v) is 11.1. The van der Waals surface area contributed by atoms with Gasteiger partial charge in [0.25, 0.3) is 0 Å². The topological polar surface area (TPSA) is 42.9 Å². The molecule has 1 rings (SSSR count). The van der Waals surface area contributed by atoms with E-state index in [1.807, 2.05) is 7.05 Å². The van der Waals surface area contributed by atoms with Crippen molar-refractivity contribution in [2.75, 3.05) is 39.8 Å². The molecule has 160 valence electrons. The molecule has 5 heteroatoms. The Balaban J connectivity index is 2.52. The van der Waals surface area contributed by atoms with Crippen molar-refractivity contribution in [2.45, 2.75) is 66.6 Å². The molecule has 0 aliphatic carbocycles. The highest BCUT2D eigenvalue weighted by molar-refractivity contribution is 5.79. The summed E-state index contributed by atoms with van der Waals surface area (Å²) in [6.45, 7) is 18.5. The van der Waals surface area contributed by atoms with E-state index >= 15 is 0 Å². The molecule has 1 aromatic rings. The molecular formula is C23H43N5. The van der Waals surface area contributed by atoms with Crippen molar-refractivity contribution in [2.24, 2.45) is 4.99 Å². The van der Waals surface area contributed by atoms with E-state index in [0.29, 0.717) is 6.04 Å². The maximum absolute atomic E-state index is 4.42. The summed E-state index contributed by atoms with van der Waals surface area (Å²) in [5.74, 6) is 0.882. The lowest BCUT2D eigenvalue weighted by Crippen LogP contribution is -2.42. The van der Waals surface area contributed by atoms with Crippen LogP contribution in [-0.4, -0.2) is 61.6 Å². The number of guanidine groups is 1. The van der Waals surface area contributed by atoms with E-state index < -0.39 is 0 Å². The Bertz CT molecular complexity index is 550. The Hall–Kier alpha value is -1.59. The summed E-state index contributed by atoms with van der Waals surface area (Å²) in [5, 5.41) is 7.04. The summed E-state index contributed by atoms with van der Waals surface area (Å²) in [6.07, 6.45) is 2.36. The van der Waals surface area contributed by atoms with E-state index in [-0.39, 0.29) is 0 Å². The van der Waals surface area contributed by atoms with Gasteiger partial charge in [-0.3, -0.25) is 9.89 Å². The average molecular weight is 390 g/mol. The van der Waals surface area contributed by atoms with E-state index in [0.717, 1.165) is 51.6 Å². The first-order valence-electron chi connectivity index (χ1n) is 11.1. The van der Waals surface area contributed by atoms with Crippen molar-refractivity contribution in [1.29, 1.82) is 0 Å². The molecule has 5 nitrogen and oxygen atoms in total. The molecule has 0 amide bonds. The van der Waals surface area contributed by atoms with Crippen LogP contribution in [0.15, 0.2) is 29.3 Å². The van der Waals surface area contributed by atoms with Crippen LogP contribution in [-0.2, 0) is 13.1 Å². The molecule has 0 bridgehead atoms. The van der Waals surface area contributed by atoms with Crippen LogP contribution in [0.3, 0.4) is 0 Å². The summed E-state index contributed by atoms with van der Waals surface area (Å²) < 4.78 is 0. The Morgan fingerprint density at radius 2 is 1.57 bits per heavy atom. The number of nitrogens with one attached hydrogen (secondary N) is 2. The molecule has 0 aromatic heterocycles. The minimum absolute atomic E-state index is 0.410. The van der Waals surface area contributed by atoms with Crippen molar-refractivity contribution in [3.63, 3.8) is 0 Å². The first kappa shape index (κ1) is 24.4. The maximum Gasteiger partial charge on any atom is 0.191 e. The molecule has 0 spiro atoms. The lowest BCUT2D eigenvalue weighted by Gasteiger charge is -2.22. The van der Waals surface area contributed by atoms with Gasteiger partial charge in [0.1, 0.15) is 0 Å². The smallest absolute Gasteiger partial charge is 0.191 e. The fraction of sp³-hybridized carbons (Fsp3) is 0.696. The van der Waals surface area contributed by atoms with Gasteiger partial charge in [-0.25, -0.2) is 0 Å². The molecule has 0 heterocycles. The highest BCUT2D eigenvalue weighted by atomic mass is 15.2. The second-order valence-corrected chi connectivity index (χ2v) is 7.37. The lowest BCUT2D eigenvalue weighted by molar-refractivity contribution is 0.292. The van der Waals surface area contributed by atoms with Gasteiger partial charge < -0.3 is 15.5 Å². The van der Waals surface area contributed by atoms with Gasteiger partial charge in [0.15, 0.2) is 5.96 Å². The van der Waals surface area contributed by atoms with Gasteiger partial charge in [-0.15, -0.1) is 0 Å². The highest BCUT2D eigenvalue weighted by Crippen LogP contribution is 2.11. The second-order valence-electron chi connectivity index (χ2n) is 7.37. The SMILES string of the molecule is CCN(CC)CCCC(C)NC(=NC)NCc1ccccc1CN(CC)CC. The van der Waals surface area contributed by atoms with Crippen molar-refractivity contribution in [3.8, 4) is 0 Å². The number of hydrogen-bond acceptors (Lipinski definition) is 3. The van der Waals surface area contributed by atoms with E-state index in [4.69, 9.17) is 0 Å². The van der Waals surface area contributed by atoms with Crippen molar-refractivity contribution >= 4 is 5.96 Å². The van der Waals surface area contributed by atoms with Crippen LogP contribution in [0, 0.1) is 0 Å². The third kappa shape index (κ3) is 9.07. The van der Waals surface area contributed by atoms with Crippen LogP contribution in [0.4, 0.5) is 0 Å². The lowest BCUT2D eigenvalue weighted by atomic mass is 10.1. The quantitative estimate of drug-likeness (QED) is 0.399. The molecule has 28 heavy (non-hydrogen) atoms. The molecule has 0 aliphatic heterocycles. The summed E-state index contributed by atoms with van der Waals surface area (Å²) >= 11 is 0. The number of aliphatic imine (C=N–C) groups is 1. The van der Waals surface area contributed by atoms with E-state index in [2.05, 4.69) is 84.3 Å². The normalized spacial score (nSPS) is 13.2. The Kier molecular flexibility index (Phi) is 12.6. The molecule has 1 atom stereocenters. The fourth-order valence-corrected chi connectivity index (χ4v) is 3.41. The number of nitrogens with zero attached hydrogens (tertiary/aromatic N) is 3. The average Bonchev–Trinajstić information content (AvgIpc) is 2.73. The number of benzene rings is 1. The molecule has 1 unspecified atom stereocenters. The molecular weight excluding hydrogens is 346 g/mol. The van der Waals surface area contributed by atoms with Crippen LogP contribution < -0.4 is 10.6 Å². The van der Waals surface area contributed by atoms with Crippen molar-refractivity contribution in [1.82, 2.24) is 20.4 Å². The van der Waals surface area contributed by atoms with Gasteiger partial charge in [-0.05, 0) is 63.6 Å². The zero-order chi connectivity index (χ0) is 20.8. The van der Waals surface area contributed by atoms with Gasteiger partial charge >= 0.3 is 0 Å². The molecule has 0 saturated carbocycles. The summed E-state index contributed by atoms with van der Waals surface area (Å²) in [6, 6.07) is 9.11. The largest absolute Gasteiger partial charge is 0.354 e. The summed E-state index contributed by atoms with van der Waals surface area (Å²) in [7, 11) is 1.85. The predicted molar refractivity (Wildman–Crippen MR) is 123 cm³/mol. The molecule has 0 aliphatic rings. The van der Waals surface area contributed by atoms with Gasteiger partial charge in [-0.2, -0.15) is 0 Å². The van der Waals surface area contributed by atoms with Gasteiger partial charge in [0.2, 0.25) is 0 Å². The number of hydrogen-bond donors (Lipinski definition) is 2. The summed E-state index contributed by atoms with van der Waals surface area (Å²) in [5.41, 5.74) is 2.73. The molecule has 1 aromatic carbocycles. The standard InChI is InChI=1S/C23H43N5/c1-7-27(8-2)17-13-14-20(5)26-23(24-6)25-18-21-15-11-12-16-22(21)19-28(9-3)10-4/h11-12,15-16,20H,7-10,13-14,17-19H2,1-6H3,(H2,24,25,26). The van der Waals surface area contributed by atoms with E-state index in [1.54, 1.807) is 0 Å².